The van der Waals surface area contributed by atoms with E-state index in [0.29, 0.717) is 41.5 Å². The largest absolute Gasteiger partial charge is 0.328 e. The van der Waals surface area contributed by atoms with Crippen LogP contribution in [0, 0.1) is 12.7 Å². The van der Waals surface area contributed by atoms with Crippen molar-refractivity contribution in [3.05, 3.63) is 126 Å². The van der Waals surface area contributed by atoms with Gasteiger partial charge in [-0.05, 0) is 79.7 Å². The molecule has 0 aliphatic carbocycles. The van der Waals surface area contributed by atoms with Gasteiger partial charge in [0.2, 0.25) is 11.9 Å². The first-order chi connectivity index (χ1) is 23.2. The Morgan fingerprint density at radius 3 is 2.58 bits per heavy atom. The normalized spacial score (nSPS) is 13.0. The lowest BCUT2D eigenvalue weighted by Gasteiger charge is -2.27. The Balaban J connectivity index is 1.05. The van der Waals surface area contributed by atoms with E-state index in [1.165, 1.54) is 11.0 Å². The molecule has 0 saturated carbocycles. The second-order valence-corrected chi connectivity index (χ2v) is 11.5. The maximum absolute atomic E-state index is 15.0. The van der Waals surface area contributed by atoms with E-state index in [2.05, 4.69) is 30.9 Å². The minimum absolute atomic E-state index is 0.169. The van der Waals surface area contributed by atoms with Crippen LogP contribution in [0.1, 0.15) is 33.5 Å². The maximum atomic E-state index is 15.0. The molecule has 0 unspecified atom stereocenters. The monoisotopic (exact) mass is 644 g/mol. The molecule has 1 aliphatic heterocycles. The van der Waals surface area contributed by atoms with Gasteiger partial charge < -0.3 is 10.6 Å². The lowest BCUT2D eigenvalue weighted by molar-refractivity contribution is -0.120. The molecule has 2 aromatic heterocycles. The zero-order chi connectivity index (χ0) is 33.6. The summed E-state index contributed by atoms with van der Waals surface area (Å²) < 4.78 is 15.0. The highest BCUT2D eigenvalue weighted by molar-refractivity contribution is 6.06. The predicted octanol–water partition coefficient (Wildman–Crippen LogP) is 6.06. The fourth-order valence-corrected chi connectivity index (χ4v) is 5.31. The number of nitrogens with one attached hydrogen (secondary N) is 3. The van der Waals surface area contributed by atoms with Gasteiger partial charge in [0.25, 0.3) is 5.91 Å². The number of hydrogen-bond acceptors (Lipinski definition) is 8. The number of halogens is 1. The van der Waals surface area contributed by atoms with E-state index in [-0.39, 0.29) is 24.8 Å². The van der Waals surface area contributed by atoms with Crippen LogP contribution in [0.4, 0.5) is 32.2 Å². The maximum Gasteiger partial charge on any atom is 0.328 e. The number of aryl methyl sites for hydroxylation is 1. The highest BCUT2D eigenvalue weighted by Crippen LogP contribution is 2.25. The van der Waals surface area contributed by atoms with Crippen LogP contribution < -0.4 is 20.9 Å². The van der Waals surface area contributed by atoms with E-state index in [0.717, 1.165) is 28.1 Å². The van der Waals surface area contributed by atoms with E-state index >= 15 is 0 Å². The van der Waals surface area contributed by atoms with Crippen molar-refractivity contribution >= 4 is 40.9 Å². The number of anilines is 4. The Labute approximate surface area is 276 Å². The molecule has 0 bridgehead atoms. The van der Waals surface area contributed by atoms with Crippen LogP contribution in [-0.4, -0.2) is 51.3 Å². The summed E-state index contributed by atoms with van der Waals surface area (Å²) in [6.45, 7) is 3.02. The SMILES string of the molecule is Cc1ccc(NC(=O)c2ccc(CN(C)Cc3ccc(N4CCC(=O)NC4=O)cc3F)cc2)cc1Nc1nccc(-c2cccnc2)n1. The Kier molecular flexibility index (Phi) is 9.44. The highest BCUT2D eigenvalue weighted by atomic mass is 19.1. The molecule has 3 heterocycles. The van der Waals surface area contributed by atoms with E-state index in [1.54, 1.807) is 42.9 Å². The number of carbonyl (C=O) groups excluding carboxylic acids is 3. The highest BCUT2D eigenvalue weighted by Gasteiger charge is 2.25. The fraction of sp³-hybridized carbons (Fsp3) is 0.167. The fourth-order valence-electron chi connectivity index (χ4n) is 5.31. The third-order valence-electron chi connectivity index (χ3n) is 7.87. The molecule has 12 heteroatoms. The first-order valence-electron chi connectivity index (χ1n) is 15.3. The molecule has 3 N–H and O–H groups in total. The van der Waals surface area contributed by atoms with Gasteiger partial charge in [0.15, 0.2) is 0 Å². The summed E-state index contributed by atoms with van der Waals surface area (Å²) in [5.41, 5.74) is 6.27. The molecule has 11 nitrogen and oxygen atoms in total. The molecule has 1 fully saturated rings. The molecular formula is C36H33FN8O3. The number of carbonyl (C=O) groups is 3. The molecule has 5 aromatic rings. The molecule has 0 atom stereocenters. The Hall–Kier alpha value is -6.01. The first-order valence-corrected chi connectivity index (χ1v) is 15.3. The molecular weight excluding hydrogens is 611 g/mol. The Morgan fingerprint density at radius 1 is 1.00 bits per heavy atom. The van der Waals surface area contributed by atoms with Crippen LogP contribution in [0.2, 0.25) is 0 Å². The molecule has 1 aliphatic rings. The summed E-state index contributed by atoms with van der Waals surface area (Å²) in [6.07, 6.45) is 5.30. The molecule has 1 saturated heterocycles. The lowest BCUT2D eigenvalue weighted by Crippen LogP contribution is -2.49. The van der Waals surface area contributed by atoms with Crippen LogP contribution >= 0.6 is 0 Å². The second-order valence-electron chi connectivity index (χ2n) is 11.5. The van der Waals surface area contributed by atoms with Crippen LogP contribution in [-0.2, 0) is 17.9 Å². The molecule has 0 radical (unpaired) electrons. The van der Waals surface area contributed by atoms with Gasteiger partial charge in [0, 0.05) is 78.4 Å². The number of benzene rings is 3. The summed E-state index contributed by atoms with van der Waals surface area (Å²) in [6, 6.07) is 22.5. The lowest BCUT2D eigenvalue weighted by atomic mass is 10.1. The van der Waals surface area contributed by atoms with Gasteiger partial charge in [0.1, 0.15) is 5.82 Å². The van der Waals surface area contributed by atoms with Crippen molar-refractivity contribution in [1.82, 2.24) is 25.2 Å². The number of hydrogen-bond donors (Lipinski definition) is 3. The predicted molar refractivity (Wildman–Crippen MR) is 181 cm³/mol. The number of aromatic nitrogens is 3. The van der Waals surface area contributed by atoms with Gasteiger partial charge in [-0.25, -0.2) is 19.2 Å². The number of imide groups is 1. The van der Waals surface area contributed by atoms with Gasteiger partial charge >= 0.3 is 6.03 Å². The van der Waals surface area contributed by atoms with Crippen LogP contribution in [0.5, 0.6) is 0 Å². The number of rotatable bonds is 10. The van der Waals surface area contributed by atoms with E-state index in [9.17, 15) is 18.8 Å². The third-order valence-corrected chi connectivity index (χ3v) is 7.87. The smallest absolute Gasteiger partial charge is 0.324 e. The molecule has 3 aromatic carbocycles. The van der Waals surface area contributed by atoms with Gasteiger partial charge in [-0.1, -0.05) is 24.3 Å². The minimum atomic E-state index is -0.553. The van der Waals surface area contributed by atoms with Crippen molar-refractivity contribution < 1.29 is 18.8 Å². The number of amides is 4. The summed E-state index contributed by atoms with van der Waals surface area (Å²) in [5.74, 6) is -0.605. The quantitative estimate of drug-likeness (QED) is 0.167. The van der Waals surface area contributed by atoms with Gasteiger partial charge in [-0.3, -0.25) is 29.7 Å². The van der Waals surface area contributed by atoms with Crippen LogP contribution in [0.3, 0.4) is 0 Å². The van der Waals surface area contributed by atoms with Crippen LogP contribution in [0.15, 0.2) is 97.5 Å². The number of nitrogens with zero attached hydrogens (tertiary/aromatic N) is 5. The number of urea groups is 1. The van der Waals surface area contributed by atoms with Crippen molar-refractivity contribution in [2.75, 3.05) is 29.1 Å². The van der Waals surface area contributed by atoms with E-state index < -0.39 is 11.8 Å². The Morgan fingerprint density at radius 2 is 1.83 bits per heavy atom. The van der Waals surface area contributed by atoms with Crippen molar-refractivity contribution in [2.24, 2.45) is 0 Å². The molecule has 0 spiro atoms. The van der Waals surface area contributed by atoms with Crippen molar-refractivity contribution in [3.8, 4) is 11.3 Å². The van der Waals surface area contributed by atoms with Crippen molar-refractivity contribution in [3.63, 3.8) is 0 Å². The van der Waals surface area contributed by atoms with Crippen molar-refractivity contribution in [1.29, 1.82) is 0 Å². The standard InChI is InChI=1S/C36H33FN8O3/c1-23-5-11-28(18-32(23)42-35-39-16-13-31(41-35)26-4-3-15-38-20-26)40-34(47)25-8-6-24(7-9-25)21-44(2)22-27-10-12-29(19-30(27)37)45-17-14-33(46)43-36(45)48/h3-13,15-16,18-20H,14,17,21-22H2,1-2H3,(H,40,47)(H,39,41,42)(H,43,46,48). The zero-order valence-corrected chi connectivity index (χ0v) is 26.4. The summed E-state index contributed by atoms with van der Waals surface area (Å²) >= 11 is 0. The van der Waals surface area contributed by atoms with Crippen molar-refractivity contribution in [2.45, 2.75) is 26.4 Å². The third kappa shape index (κ3) is 7.68. The molecule has 6 rings (SSSR count). The van der Waals surface area contributed by atoms with E-state index in [1.807, 2.05) is 67.4 Å². The summed E-state index contributed by atoms with van der Waals surface area (Å²) in [5, 5.41) is 8.45. The topological polar surface area (TPSA) is 132 Å². The van der Waals surface area contributed by atoms with Crippen LogP contribution in [0.25, 0.3) is 11.3 Å². The molecule has 48 heavy (non-hydrogen) atoms. The second kappa shape index (κ2) is 14.2. The average molecular weight is 645 g/mol. The Bertz CT molecular complexity index is 1970. The van der Waals surface area contributed by atoms with Gasteiger partial charge in [-0.15, -0.1) is 0 Å². The minimum Gasteiger partial charge on any atom is -0.324 e. The van der Waals surface area contributed by atoms with Gasteiger partial charge in [-0.2, -0.15) is 0 Å². The molecule has 242 valence electrons. The number of pyridine rings is 1. The van der Waals surface area contributed by atoms with Gasteiger partial charge in [0.05, 0.1) is 5.69 Å². The summed E-state index contributed by atoms with van der Waals surface area (Å²) in [7, 11) is 1.88. The first kappa shape index (κ1) is 32.0. The zero-order valence-electron chi connectivity index (χ0n) is 26.4. The van der Waals surface area contributed by atoms with E-state index in [4.69, 9.17) is 0 Å². The molecule has 4 amide bonds. The summed E-state index contributed by atoms with van der Waals surface area (Å²) in [4.78, 5) is 53.0. The average Bonchev–Trinajstić information content (AvgIpc) is 3.08.